The predicted molar refractivity (Wildman–Crippen MR) is 114 cm³/mol. The number of furan rings is 1. The van der Waals surface area contributed by atoms with Crippen molar-refractivity contribution in [2.75, 3.05) is 19.8 Å². The third-order valence-corrected chi connectivity index (χ3v) is 5.27. The molecule has 31 heavy (non-hydrogen) atoms. The Kier molecular flexibility index (Phi) is 5.84. The van der Waals surface area contributed by atoms with Crippen LogP contribution >= 0.6 is 0 Å². The van der Waals surface area contributed by atoms with Gasteiger partial charge in [0.1, 0.15) is 18.8 Å². The predicted octanol–water partition coefficient (Wildman–Crippen LogP) is 4.18. The summed E-state index contributed by atoms with van der Waals surface area (Å²) in [6.07, 6.45) is 0. The molecule has 0 unspecified atom stereocenters. The van der Waals surface area contributed by atoms with E-state index in [1.807, 2.05) is 50.2 Å². The number of rotatable bonds is 6. The molecule has 4 rings (SSSR count). The lowest BCUT2D eigenvalue weighted by Gasteiger charge is -2.25. The Balaban J connectivity index is 1.41. The van der Waals surface area contributed by atoms with E-state index in [2.05, 4.69) is 5.32 Å². The summed E-state index contributed by atoms with van der Waals surface area (Å²) in [6, 6.07) is 12.7. The highest BCUT2D eigenvalue weighted by molar-refractivity contribution is 5.96. The molecule has 0 saturated carbocycles. The average Bonchev–Trinajstić information content (AvgIpc) is 3.12. The quantitative estimate of drug-likeness (QED) is 0.599. The zero-order chi connectivity index (χ0) is 22.0. The molecule has 3 aromatic rings. The molecule has 0 spiro atoms. The van der Waals surface area contributed by atoms with Crippen molar-refractivity contribution in [3.05, 3.63) is 59.4 Å². The maximum absolute atomic E-state index is 12.5. The third-order valence-electron chi connectivity index (χ3n) is 5.27. The Morgan fingerprint density at radius 3 is 2.55 bits per heavy atom. The fourth-order valence-electron chi connectivity index (χ4n) is 3.67. The van der Waals surface area contributed by atoms with E-state index in [9.17, 15) is 9.59 Å². The molecule has 162 valence electrons. The summed E-state index contributed by atoms with van der Waals surface area (Å²) >= 11 is 0. The van der Waals surface area contributed by atoms with Crippen LogP contribution in [0.25, 0.3) is 11.0 Å². The summed E-state index contributed by atoms with van der Waals surface area (Å²) in [5.74, 6) is 0.524. The van der Waals surface area contributed by atoms with Gasteiger partial charge in [0.2, 0.25) is 5.76 Å². The Hall–Kier alpha value is -3.48. The first-order chi connectivity index (χ1) is 14.9. The van der Waals surface area contributed by atoms with Gasteiger partial charge >= 0.3 is 5.97 Å². The largest absolute Gasteiger partial charge is 0.486 e. The molecule has 7 nitrogen and oxygen atoms in total. The highest BCUT2D eigenvalue weighted by Gasteiger charge is 2.23. The van der Waals surface area contributed by atoms with Gasteiger partial charge in [-0.2, -0.15) is 0 Å². The summed E-state index contributed by atoms with van der Waals surface area (Å²) in [4.78, 5) is 25.0. The topological polar surface area (TPSA) is 87.0 Å². The van der Waals surface area contributed by atoms with E-state index < -0.39 is 18.5 Å². The lowest BCUT2D eigenvalue weighted by molar-refractivity contribution is -0.125. The first-order valence-electron chi connectivity index (χ1n) is 10.3. The van der Waals surface area contributed by atoms with Gasteiger partial charge in [0.05, 0.1) is 6.04 Å². The van der Waals surface area contributed by atoms with E-state index in [4.69, 9.17) is 18.6 Å². The Labute approximate surface area is 180 Å². The molecule has 7 heteroatoms. The Morgan fingerprint density at radius 1 is 1.06 bits per heavy atom. The number of para-hydroxylation sites is 1. The second-order valence-corrected chi connectivity index (χ2v) is 7.82. The van der Waals surface area contributed by atoms with Gasteiger partial charge in [0.25, 0.3) is 5.91 Å². The van der Waals surface area contributed by atoms with Crippen LogP contribution in [0.3, 0.4) is 0 Å². The van der Waals surface area contributed by atoms with E-state index in [1.165, 1.54) is 0 Å². The smallest absolute Gasteiger partial charge is 0.375 e. The maximum atomic E-state index is 12.5. The number of hydrogen-bond donors (Lipinski definition) is 1. The number of ether oxygens (including phenoxy) is 3. The van der Waals surface area contributed by atoms with Crippen molar-refractivity contribution in [1.29, 1.82) is 0 Å². The van der Waals surface area contributed by atoms with Crippen LogP contribution in [0.1, 0.15) is 41.6 Å². The SMILES string of the molecule is Cc1c(C(=O)OCC(=O)N[C@@H](c2ccc3c(c2)OCCO3)C(C)C)oc2ccccc12. The maximum Gasteiger partial charge on any atom is 0.375 e. The van der Waals surface area contributed by atoms with E-state index in [0.29, 0.717) is 35.9 Å². The van der Waals surface area contributed by atoms with Crippen LogP contribution in [-0.2, 0) is 9.53 Å². The molecule has 0 fully saturated rings. The van der Waals surface area contributed by atoms with Crippen molar-refractivity contribution >= 4 is 22.8 Å². The van der Waals surface area contributed by atoms with Crippen molar-refractivity contribution < 1.29 is 28.2 Å². The molecule has 1 amide bonds. The number of fused-ring (bicyclic) bond motifs is 2. The molecule has 2 aromatic carbocycles. The molecule has 0 saturated heterocycles. The van der Waals surface area contributed by atoms with Crippen LogP contribution in [0.2, 0.25) is 0 Å². The minimum atomic E-state index is -0.663. The van der Waals surface area contributed by atoms with Crippen molar-refractivity contribution in [3.8, 4) is 11.5 Å². The standard InChI is InChI=1S/C24H25NO6/c1-14(2)22(16-8-9-19-20(12-16)29-11-10-28-19)25-21(26)13-30-24(27)23-15(3)17-6-4-5-7-18(17)31-23/h4-9,12,14,22H,10-11,13H2,1-3H3,(H,25,26)/t22-/m1/s1. The van der Waals surface area contributed by atoms with Gasteiger partial charge < -0.3 is 23.9 Å². The van der Waals surface area contributed by atoms with Crippen molar-refractivity contribution in [2.45, 2.75) is 26.8 Å². The zero-order valence-electron chi connectivity index (χ0n) is 17.8. The molecule has 0 bridgehead atoms. The van der Waals surface area contributed by atoms with Crippen LogP contribution in [0, 0.1) is 12.8 Å². The van der Waals surface area contributed by atoms with E-state index in [0.717, 1.165) is 10.9 Å². The number of esters is 1. The zero-order valence-corrected chi connectivity index (χ0v) is 17.8. The van der Waals surface area contributed by atoms with Gasteiger partial charge in [0, 0.05) is 10.9 Å². The number of carbonyl (C=O) groups is 2. The van der Waals surface area contributed by atoms with Crippen LogP contribution < -0.4 is 14.8 Å². The molecular formula is C24H25NO6. The van der Waals surface area contributed by atoms with Gasteiger partial charge in [-0.25, -0.2) is 4.79 Å². The summed E-state index contributed by atoms with van der Waals surface area (Å²) in [5, 5.41) is 3.79. The average molecular weight is 423 g/mol. The van der Waals surface area contributed by atoms with Crippen molar-refractivity contribution in [1.82, 2.24) is 5.32 Å². The van der Waals surface area contributed by atoms with E-state index in [1.54, 1.807) is 13.0 Å². The Morgan fingerprint density at radius 2 is 1.81 bits per heavy atom. The Bertz CT molecular complexity index is 1120. The fourth-order valence-corrected chi connectivity index (χ4v) is 3.67. The van der Waals surface area contributed by atoms with Gasteiger partial charge in [-0.1, -0.05) is 38.1 Å². The summed E-state index contributed by atoms with van der Waals surface area (Å²) < 4.78 is 22.0. The number of aryl methyl sites for hydroxylation is 1. The second-order valence-electron chi connectivity index (χ2n) is 7.82. The molecule has 1 aliphatic heterocycles. The molecule has 1 aliphatic rings. The van der Waals surface area contributed by atoms with Crippen molar-refractivity contribution in [3.63, 3.8) is 0 Å². The summed E-state index contributed by atoms with van der Waals surface area (Å²) in [5.41, 5.74) is 2.19. The first-order valence-corrected chi connectivity index (χ1v) is 10.3. The lowest BCUT2D eigenvalue weighted by atomic mass is 9.95. The molecule has 0 radical (unpaired) electrons. The van der Waals surface area contributed by atoms with Gasteiger partial charge in [-0.15, -0.1) is 0 Å². The van der Waals surface area contributed by atoms with Gasteiger partial charge in [-0.3, -0.25) is 4.79 Å². The monoisotopic (exact) mass is 423 g/mol. The number of nitrogens with one attached hydrogen (secondary N) is 1. The molecule has 1 N–H and O–H groups in total. The van der Waals surface area contributed by atoms with Crippen molar-refractivity contribution in [2.24, 2.45) is 5.92 Å². The van der Waals surface area contributed by atoms with Crippen LogP contribution in [0.5, 0.6) is 11.5 Å². The van der Waals surface area contributed by atoms with E-state index in [-0.39, 0.29) is 17.7 Å². The lowest BCUT2D eigenvalue weighted by Crippen LogP contribution is -2.35. The molecule has 0 aliphatic carbocycles. The molecule has 2 heterocycles. The van der Waals surface area contributed by atoms with Gasteiger partial charge in [0.15, 0.2) is 18.1 Å². The number of benzene rings is 2. The highest BCUT2D eigenvalue weighted by Crippen LogP contribution is 2.34. The normalized spacial score (nSPS) is 13.8. The van der Waals surface area contributed by atoms with Crippen LogP contribution in [0.4, 0.5) is 0 Å². The molecular weight excluding hydrogens is 398 g/mol. The van der Waals surface area contributed by atoms with Gasteiger partial charge in [-0.05, 0) is 36.6 Å². The van der Waals surface area contributed by atoms with E-state index >= 15 is 0 Å². The third kappa shape index (κ3) is 4.35. The number of carbonyl (C=O) groups excluding carboxylic acids is 2. The van der Waals surface area contributed by atoms with Crippen LogP contribution in [0.15, 0.2) is 46.9 Å². The second kappa shape index (κ2) is 8.71. The fraction of sp³-hybridized carbons (Fsp3) is 0.333. The van der Waals surface area contributed by atoms with Crippen LogP contribution in [-0.4, -0.2) is 31.7 Å². The summed E-state index contributed by atoms with van der Waals surface area (Å²) in [7, 11) is 0. The number of amides is 1. The summed E-state index contributed by atoms with van der Waals surface area (Å²) in [6.45, 7) is 6.42. The minimum Gasteiger partial charge on any atom is -0.486 e. The molecule has 1 atom stereocenters. The minimum absolute atomic E-state index is 0.111. The molecule has 1 aromatic heterocycles. The highest BCUT2D eigenvalue weighted by atomic mass is 16.6. The number of hydrogen-bond acceptors (Lipinski definition) is 6. The first kappa shape index (κ1) is 20.8.